The number of nitrogens with one attached hydrogen (secondary N) is 1. The van der Waals surface area contributed by atoms with Crippen molar-refractivity contribution in [3.05, 3.63) is 23.8 Å². The van der Waals surface area contributed by atoms with Gasteiger partial charge in [0, 0.05) is 12.7 Å². The first-order valence-corrected chi connectivity index (χ1v) is 4.69. The zero-order valence-corrected chi connectivity index (χ0v) is 9.29. The van der Waals surface area contributed by atoms with Crippen molar-refractivity contribution in [2.24, 2.45) is 0 Å². The van der Waals surface area contributed by atoms with Gasteiger partial charge in [-0.25, -0.2) is 0 Å². The minimum Gasteiger partial charge on any atom is -0.496 e. The van der Waals surface area contributed by atoms with E-state index in [1.165, 1.54) is 5.69 Å². The summed E-state index contributed by atoms with van der Waals surface area (Å²) in [4.78, 5) is 2.15. The number of methoxy groups -OCH3 is 1. The van der Waals surface area contributed by atoms with Gasteiger partial charge in [0.05, 0.1) is 13.8 Å². The summed E-state index contributed by atoms with van der Waals surface area (Å²) in [7, 11) is 5.68. The van der Waals surface area contributed by atoms with Crippen LogP contribution in [0.25, 0.3) is 0 Å². The van der Waals surface area contributed by atoms with Gasteiger partial charge in [0.25, 0.3) is 0 Å². The number of aryl methyl sites for hydroxylation is 1. The molecule has 0 atom stereocenters. The molecule has 0 aliphatic carbocycles. The Morgan fingerprint density at radius 3 is 2.64 bits per heavy atom. The fourth-order valence-corrected chi connectivity index (χ4v) is 1.43. The normalized spacial score (nSPS) is 10.0. The van der Waals surface area contributed by atoms with Crippen LogP contribution in [0.1, 0.15) is 5.56 Å². The Balaban J connectivity index is 2.85. The fraction of sp³-hybridized carbons (Fsp3) is 0.455. The van der Waals surface area contributed by atoms with Crippen LogP contribution < -0.4 is 15.0 Å². The van der Waals surface area contributed by atoms with Crippen molar-refractivity contribution in [3.63, 3.8) is 0 Å². The smallest absolute Gasteiger partial charge is 0.121 e. The minimum absolute atomic E-state index is 0.839. The number of hydrogen-bond donors (Lipinski definition) is 1. The summed E-state index contributed by atoms with van der Waals surface area (Å²) in [6.07, 6.45) is 0. The van der Waals surface area contributed by atoms with Crippen LogP contribution in [-0.4, -0.2) is 27.9 Å². The molecule has 1 aromatic rings. The van der Waals surface area contributed by atoms with Crippen molar-refractivity contribution < 1.29 is 4.74 Å². The van der Waals surface area contributed by atoms with Crippen molar-refractivity contribution in [2.45, 2.75) is 6.92 Å². The second-order valence-corrected chi connectivity index (χ2v) is 3.36. The molecule has 0 saturated heterocycles. The van der Waals surface area contributed by atoms with Crippen LogP contribution in [0.4, 0.5) is 5.69 Å². The van der Waals surface area contributed by atoms with Gasteiger partial charge < -0.3 is 15.0 Å². The highest BCUT2D eigenvalue weighted by molar-refractivity contribution is 5.52. The van der Waals surface area contributed by atoms with Crippen LogP contribution in [0.2, 0.25) is 0 Å². The monoisotopic (exact) mass is 194 g/mol. The molecule has 0 aliphatic rings. The molecule has 1 N–H and O–H groups in total. The number of rotatable bonds is 4. The van der Waals surface area contributed by atoms with E-state index in [-0.39, 0.29) is 0 Å². The van der Waals surface area contributed by atoms with E-state index >= 15 is 0 Å². The van der Waals surface area contributed by atoms with E-state index in [0.717, 1.165) is 18.0 Å². The van der Waals surface area contributed by atoms with Gasteiger partial charge in [-0.3, -0.25) is 0 Å². The predicted molar refractivity (Wildman–Crippen MR) is 60.1 cm³/mol. The number of ether oxygens (including phenoxy) is 1. The van der Waals surface area contributed by atoms with Gasteiger partial charge in [0.1, 0.15) is 5.75 Å². The standard InChI is InChI=1S/C11H18N2O/c1-9-7-10(13(3)8-12-2)5-6-11(9)14-4/h5-7,12H,8H2,1-4H3. The van der Waals surface area contributed by atoms with E-state index in [1.54, 1.807) is 7.11 Å². The van der Waals surface area contributed by atoms with E-state index in [0.29, 0.717) is 0 Å². The van der Waals surface area contributed by atoms with Crippen LogP contribution in [-0.2, 0) is 0 Å². The Kier molecular flexibility index (Phi) is 3.77. The average Bonchev–Trinajstić information content (AvgIpc) is 2.18. The third kappa shape index (κ3) is 2.39. The third-order valence-corrected chi connectivity index (χ3v) is 2.21. The quantitative estimate of drug-likeness (QED) is 0.737. The molecule has 3 nitrogen and oxygen atoms in total. The van der Waals surface area contributed by atoms with E-state index in [9.17, 15) is 0 Å². The van der Waals surface area contributed by atoms with Gasteiger partial charge in [-0.2, -0.15) is 0 Å². The van der Waals surface area contributed by atoms with Gasteiger partial charge in [-0.05, 0) is 37.7 Å². The van der Waals surface area contributed by atoms with Crippen LogP contribution >= 0.6 is 0 Å². The Morgan fingerprint density at radius 1 is 1.43 bits per heavy atom. The summed E-state index contributed by atoms with van der Waals surface area (Å²) < 4.78 is 5.21. The molecule has 0 amide bonds. The van der Waals surface area contributed by atoms with Crippen LogP contribution in [0.5, 0.6) is 5.75 Å². The lowest BCUT2D eigenvalue weighted by Gasteiger charge is -2.19. The van der Waals surface area contributed by atoms with E-state index < -0.39 is 0 Å². The van der Waals surface area contributed by atoms with Crippen molar-refractivity contribution in [2.75, 3.05) is 32.8 Å². The fourth-order valence-electron chi connectivity index (χ4n) is 1.43. The largest absolute Gasteiger partial charge is 0.496 e. The Labute approximate surface area is 85.7 Å². The molecule has 14 heavy (non-hydrogen) atoms. The molecule has 0 unspecified atom stereocenters. The van der Waals surface area contributed by atoms with Crippen molar-refractivity contribution in [1.82, 2.24) is 5.32 Å². The second kappa shape index (κ2) is 4.86. The highest BCUT2D eigenvalue weighted by atomic mass is 16.5. The molecule has 1 rings (SSSR count). The van der Waals surface area contributed by atoms with E-state index in [4.69, 9.17) is 4.74 Å². The van der Waals surface area contributed by atoms with Gasteiger partial charge in [-0.15, -0.1) is 0 Å². The lowest BCUT2D eigenvalue weighted by molar-refractivity contribution is 0.411. The molecule has 0 aromatic heterocycles. The van der Waals surface area contributed by atoms with Crippen molar-refractivity contribution in [1.29, 1.82) is 0 Å². The average molecular weight is 194 g/mol. The third-order valence-electron chi connectivity index (χ3n) is 2.21. The van der Waals surface area contributed by atoms with Crippen LogP contribution in [0.15, 0.2) is 18.2 Å². The maximum atomic E-state index is 5.21. The lowest BCUT2D eigenvalue weighted by Crippen LogP contribution is -2.28. The number of hydrogen-bond acceptors (Lipinski definition) is 3. The summed E-state index contributed by atoms with van der Waals surface area (Å²) in [6, 6.07) is 6.18. The van der Waals surface area contributed by atoms with Crippen molar-refractivity contribution in [3.8, 4) is 5.75 Å². The number of nitrogens with zero attached hydrogens (tertiary/aromatic N) is 1. The SMILES string of the molecule is CNCN(C)c1ccc(OC)c(C)c1. The maximum Gasteiger partial charge on any atom is 0.121 e. The molecule has 0 aliphatic heterocycles. The van der Waals surface area contributed by atoms with Gasteiger partial charge in [0.2, 0.25) is 0 Å². The van der Waals surface area contributed by atoms with E-state index in [2.05, 4.69) is 36.3 Å². The first kappa shape index (κ1) is 10.9. The molecule has 0 spiro atoms. The number of anilines is 1. The topological polar surface area (TPSA) is 24.5 Å². The summed E-state index contributed by atoms with van der Waals surface area (Å²) in [5.74, 6) is 0.937. The Hall–Kier alpha value is -1.22. The first-order valence-electron chi connectivity index (χ1n) is 4.69. The molecule has 3 heteroatoms. The Bertz CT molecular complexity index is 299. The molecular weight excluding hydrogens is 176 g/mol. The summed E-state index contributed by atoms with van der Waals surface area (Å²) in [5.41, 5.74) is 2.35. The zero-order valence-electron chi connectivity index (χ0n) is 9.29. The first-order chi connectivity index (χ1) is 6.69. The van der Waals surface area contributed by atoms with E-state index in [1.807, 2.05) is 13.1 Å². The Morgan fingerprint density at radius 2 is 2.14 bits per heavy atom. The molecule has 1 aromatic carbocycles. The van der Waals surface area contributed by atoms with Crippen molar-refractivity contribution >= 4 is 5.69 Å². The molecule has 0 radical (unpaired) electrons. The summed E-state index contributed by atoms with van der Waals surface area (Å²) in [5, 5.41) is 3.11. The lowest BCUT2D eigenvalue weighted by atomic mass is 10.2. The summed E-state index contributed by atoms with van der Waals surface area (Å²) >= 11 is 0. The number of benzene rings is 1. The highest BCUT2D eigenvalue weighted by Crippen LogP contribution is 2.22. The second-order valence-electron chi connectivity index (χ2n) is 3.36. The molecule has 0 saturated carbocycles. The maximum absolute atomic E-state index is 5.21. The van der Waals surface area contributed by atoms with Gasteiger partial charge >= 0.3 is 0 Å². The molecule has 0 heterocycles. The van der Waals surface area contributed by atoms with Gasteiger partial charge in [-0.1, -0.05) is 0 Å². The summed E-state index contributed by atoms with van der Waals surface area (Å²) in [6.45, 7) is 2.89. The minimum atomic E-state index is 0.839. The predicted octanol–water partition coefficient (Wildman–Crippen LogP) is 1.62. The van der Waals surface area contributed by atoms with Crippen LogP contribution in [0, 0.1) is 6.92 Å². The van der Waals surface area contributed by atoms with Gasteiger partial charge in [0.15, 0.2) is 0 Å². The highest BCUT2D eigenvalue weighted by Gasteiger charge is 2.02. The molecule has 0 fully saturated rings. The molecular formula is C11H18N2O. The molecule has 0 bridgehead atoms. The zero-order chi connectivity index (χ0) is 10.6. The molecule has 78 valence electrons. The van der Waals surface area contributed by atoms with Crippen LogP contribution in [0.3, 0.4) is 0 Å².